The van der Waals surface area contributed by atoms with Crippen molar-refractivity contribution in [3.63, 3.8) is 0 Å². The molecule has 1 unspecified atom stereocenters. The molecule has 1 aromatic rings. The summed E-state index contributed by atoms with van der Waals surface area (Å²) in [5.74, 6) is -0.0112. The third-order valence-electron chi connectivity index (χ3n) is 3.32. The van der Waals surface area contributed by atoms with E-state index in [2.05, 4.69) is 10.6 Å². The quantitative estimate of drug-likeness (QED) is 0.825. The highest BCUT2D eigenvalue weighted by molar-refractivity contribution is 5.81. The predicted octanol–water partition coefficient (Wildman–Crippen LogP) is 1.20. The van der Waals surface area contributed by atoms with Gasteiger partial charge < -0.3 is 15.5 Å². The summed E-state index contributed by atoms with van der Waals surface area (Å²) in [5.41, 5.74) is 0.955. The lowest BCUT2D eigenvalue weighted by atomic mass is 10.0. The van der Waals surface area contributed by atoms with E-state index < -0.39 is 0 Å². The first kappa shape index (κ1) is 15.1. The van der Waals surface area contributed by atoms with Gasteiger partial charge in [0.25, 0.3) is 0 Å². The van der Waals surface area contributed by atoms with Gasteiger partial charge >= 0.3 is 0 Å². The number of carbonyl (C=O) groups excluding carboxylic acids is 2. The van der Waals surface area contributed by atoms with Crippen LogP contribution in [0.1, 0.15) is 24.9 Å². The van der Waals surface area contributed by atoms with E-state index in [0.29, 0.717) is 13.0 Å². The normalized spacial score (nSPS) is 15.2. The molecule has 0 fully saturated rings. The summed E-state index contributed by atoms with van der Waals surface area (Å²) in [6.07, 6.45) is 4.01. The van der Waals surface area contributed by atoms with Crippen LogP contribution in [0.2, 0.25) is 0 Å². The van der Waals surface area contributed by atoms with Crippen molar-refractivity contribution in [1.82, 2.24) is 15.5 Å². The molecular weight excluding hydrogens is 266 g/mol. The molecule has 0 spiro atoms. The summed E-state index contributed by atoms with van der Waals surface area (Å²) in [7, 11) is 0. The molecule has 1 heterocycles. The standard InChI is InChI=1S/C16H21N3O2/c1-13(20)11-15(14-5-3-2-4-6-14)18-16(21)12-19-9-7-17-8-10-19/h2-7,9,15,17H,8,10-12H2,1H3,(H,18,21). The maximum atomic E-state index is 12.2. The zero-order chi connectivity index (χ0) is 15.1. The van der Waals surface area contributed by atoms with Crippen molar-refractivity contribution in [2.45, 2.75) is 19.4 Å². The van der Waals surface area contributed by atoms with Crippen molar-refractivity contribution in [3.8, 4) is 0 Å². The lowest BCUT2D eigenvalue weighted by Gasteiger charge is -2.25. The Balaban J connectivity index is 1.97. The van der Waals surface area contributed by atoms with Crippen LogP contribution in [0.4, 0.5) is 0 Å². The lowest BCUT2D eigenvalue weighted by molar-refractivity contribution is -0.123. The van der Waals surface area contributed by atoms with E-state index in [4.69, 9.17) is 0 Å². The van der Waals surface area contributed by atoms with Crippen LogP contribution in [-0.2, 0) is 9.59 Å². The van der Waals surface area contributed by atoms with E-state index in [0.717, 1.165) is 18.7 Å². The maximum Gasteiger partial charge on any atom is 0.239 e. The largest absolute Gasteiger partial charge is 0.388 e. The smallest absolute Gasteiger partial charge is 0.239 e. The zero-order valence-electron chi connectivity index (χ0n) is 12.2. The van der Waals surface area contributed by atoms with Crippen molar-refractivity contribution in [1.29, 1.82) is 0 Å². The number of nitrogens with one attached hydrogen (secondary N) is 2. The highest BCUT2D eigenvalue weighted by Gasteiger charge is 2.17. The van der Waals surface area contributed by atoms with Crippen molar-refractivity contribution < 1.29 is 9.59 Å². The number of carbonyl (C=O) groups is 2. The van der Waals surface area contributed by atoms with Crippen LogP contribution in [0.3, 0.4) is 0 Å². The Morgan fingerprint density at radius 3 is 2.71 bits per heavy atom. The third kappa shape index (κ3) is 4.95. The van der Waals surface area contributed by atoms with Gasteiger partial charge in [-0.3, -0.25) is 9.59 Å². The van der Waals surface area contributed by atoms with Crippen LogP contribution < -0.4 is 10.6 Å². The molecule has 21 heavy (non-hydrogen) atoms. The molecule has 5 heteroatoms. The Morgan fingerprint density at radius 1 is 1.33 bits per heavy atom. The number of ketones is 1. The monoisotopic (exact) mass is 287 g/mol. The Bertz CT molecular complexity index is 514. The Labute approximate surface area is 125 Å². The molecule has 1 aliphatic heterocycles. The number of amides is 1. The van der Waals surface area contributed by atoms with Crippen molar-refractivity contribution in [2.24, 2.45) is 0 Å². The summed E-state index contributed by atoms with van der Waals surface area (Å²) in [4.78, 5) is 25.5. The number of hydrogen-bond donors (Lipinski definition) is 2. The van der Waals surface area contributed by atoms with Crippen molar-refractivity contribution in [2.75, 3.05) is 19.6 Å². The summed E-state index contributed by atoms with van der Waals surface area (Å²) in [6, 6.07) is 9.34. The molecular formula is C16H21N3O2. The van der Waals surface area contributed by atoms with E-state index in [1.54, 1.807) is 6.92 Å². The first-order chi connectivity index (χ1) is 10.1. The van der Waals surface area contributed by atoms with Crippen molar-refractivity contribution >= 4 is 11.7 Å². The van der Waals surface area contributed by atoms with Gasteiger partial charge in [0, 0.05) is 31.9 Å². The number of nitrogens with zero attached hydrogens (tertiary/aromatic N) is 1. The predicted molar refractivity (Wildman–Crippen MR) is 81.3 cm³/mol. The van der Waals surface area contributed by atoms with Crippen LogP contribution in [0.15, 0.2) is 42.7 Å². The fraction of sp³-hybridized carbons (Fsp3) is 0.375. The number of hydrogen-bond acceptors (Lipinski definition) is 4. The fourth-order valence-electron chi connectivity index (χ4n) is 2.31. The lowest BCUT2D eigenvalue weighted by Crippen LogP contribution is -2.40. The first-order valence-corrected chi connectivity index (χ1v) is 7.13. The minimum absolute atomic E-state index is 0.0613. The molecule has 1 amide bonds. The van der Waals surface area contributed by atoms with Crippen LogP contribution >= 0.6 is 0 Å². The maximum absolute atomic E-state index is 12.2. The topological polar surface area (TPSA) is 61.4 Å². The average molecular weight is 287 g/mol. The van der Waals surface area contributed by atoms with Gasteiger partial charge in [-0.05, 0) is 12.5 Å². The molecule has 1 aliphatic rings. The fourth-order valence-corrected chi connectivity index (χ4v) is 2.31. The van der Waals surface area contributed by atoms with Gasteiger partial charge in [-0.25, -0.2) is 0 Å². The average Bonchev–Trinajstić information content (AvgIpc) is 2.48. The molecule has 1 atom stereocenters. The highest BCUT2D eigenvalue weighted by Crippen LogP contribution is 2.16. The minimum atomic E-state index is -0.261. The summed E-state index contributed by atoms with van der Waals surface area (Å²) in [5, 5.41) is 6.04. The molecule has 0 radical (unpaired) electrons. The molecule has 0 bridgehead atoms. The molecule has 112 valence electrons. The minimum Gasteiger partial charge on any atom is -0.388 e. The third-order valence-corrected chi connectivity index (χ3v) is 3.32. The van der Waals surface area contributed by atoms with Crippen LogP contribution in [-0.4, -0.2) is 36.2 Å². The second kappa shape index (κ2) is 7.47. The summed E-state index contributed by atoms with van der Waals surface area (Å²) in [6.45, 7) is 3.48. The van der Waals surface area contributed by atoms with E-state index >= 15 is 0 Å². The Hall–Kier alpha value is -2.30. The summed E-state index contributed by atoms with van der Waals surface area (Å²) < 4.78 is 0. The molecule has 5 nitrogen and oxygen atoms in total. The van der Waals surface area contributed by atoms with Gasteiger partial charge in [-0.2, -0.15) is 0 Å². The molecule has 0 aromatic heterocycles. The molecule has 2 rings (SSSR count). The van der Waals surface area contributed by atoms with E-state index in [1.807, 2.05) is 47.6 Å². The van der Waals surface area contributed by atoms with Crippen LogP contribution in [0, 0.1) is 0 Å². The van der Waals surface area contributed by atoms with E-state index in [1.165, 1.54) is 0 Å². The van der Waals surface area contributed by atoms with Gasteiger partial charge in [0.1, 0.15) is 5.78 Å². The highest BCUT2D eigenvalue weighted by atomic mass is 16.2. The summed E-state index contributed by atoms with van der Waals surface area (Å²) >= 11 is 0. The number of rotatable bonds is 6. The molecule has 2 N–H and O–H groups in total. The molecule has 0 aliphatic carbocycles. The van der Waals surface area contributed by atoms with Gasteiger partial charge in [-0.1, -0.05) is 30.3 Å². The Kier molecular flexibility index (Phi) is 5.37. The van der Waals surface area contributed by atoms with Gasteiger partial charge in [0.2, 0.25) is 5.91 Å². The van der Waals surface area contributed by atoms with Crippen LogP contribution in [0.25, 0.3) is 0 Å². The van der Waals surface area contributed by atoms with E-state index in [-0.39, 0.29) is 17.7 Å². The Morgan fingerprint density at radius 2 is 2.10 bits per heavy atom. The SMILES string of the molecule is CC(=O)CC(NC(=O)CN1C=CNCC1)c1ccccc1. The van der Waals surface area contributed by atoms with Crippen molar-refractivity contribution in [3.05, 3.63) is 48.3 Å². The van der Waals surface area contributed by atoms with Gasteiger partial charge in [0.05, 0.1) is 12.6 Å². The molecule has 1 aromatic carbocycles. The van der Waals surface area contributed by atoms with Gasteiger partial charge in [-0.15, -0.1) is 0 Å². The second-order valence-electron chi connectivity index (χ2n) is 5.18. The second-order valence-corrected chi connectivity index (χ2v) is 5.18. The number of benzene rings is 1. The van der Waals surface area contributed by atoms with Gasteiger partial charge in [0.15, 0.2) is 0 Å². The zero-order valence-corrected chi connectivity index (χ0v) is 12.2. The number of Topliss-reactive ketones (excluding diaryl/α,β-unsaturated/α-hetero) is 1. The van der Waals surface area contributed by atoms with Crippen LogP contribution in [0.5, 0.6) is 0 Å². The molecule has 0 saturated carbocycles. The first-order valence-electron chi connectivity index (χ1n) is 7.13. The molecule has 0 saturated heterocycles. The van der Waals surface area contributed by atoms with E-state index in [9.17, 15) is 9.59 Å².